The molecule has 0 saturated heterocycles. The van der Waals surface area contributed by atoms with Crippen molar-refractivity contribution in [3.8, 4) is 0 Å². The molecular formula is C3H6F6NP. The van der Waals surface area contributed by atoms with Gasteiger partial charge in [0.25, 0.3) is 0 Å². The zero-order valence-corrected chi connectivity index (χ0v) is 6.56. The molecule has 1 nitrogen and oxygen atoms in total. The predicted molar refractivity (Wildman–Crippen MR) is 30.0 cm³/mol. The van der Waals surface area contributed by atoms with Crippen molar-refractivity contribution >= 4 is 7.69 Å². The van der Waals surface area contributed by atoms with Gasteiger partial charge in [0.15, 0.2) is 0 Å². The van der Waals surface area contributed by atoms with Crippen molar-refractivity contribution in [2.24, 2.45) is 0 Å². The van der Waals surface area contributed by atoms with Crippen LogP contribution in [0.25, 0.3) is 0 Å². The fraction of sp³-hybridized carbons (Fsp3) is 1.00. The average Bonchev–Trinajstić information content (AvgIpc) is 1.59. The van der Waals surface area contributed by atoms with Gasteiger partial charge in [-0.15, -0.1) is 0 Å². The van der Waals surface area contributed by atoms with E-state index in [1.807, 2.05) is 0 Å². The quantitative estimate of drug-likeness (QED) is 0.465. The van der Waals surface area contributed by atoms with Crippen molar-refractivity contribution in [3.05, 3.63) is 0 Å². The topological polar surface area (TPSA) is 3.24 Å². The van der Waals surface area contributed by atoms with E-state index in [0.717, 1.165) is 0 Å². The minimum atomic E-state index is -8.12. The second-order valence-electron chi connectivity index (χ2n) is 2.09. The third-order valence-corrected chi connectivity index (χ3v) is 3.16. The van der Waals surface area contributed by atoms with E-state index in [-0.39, 0.29) is 0 Å². The molecule has 0 aliphatic heterocycles. The Morgan fingerprint density at radius 1 is 1.00 bits per heavy atom. The maximum atomic E-state index is 12.0. The molecule has 0 unspecified atom stereocenters. The molecule has 0 aromatic heterocycles. The average molecular weight is 201 g/mol. The van der Waals surface area contributed by atoms with E-state index in [4.69, 9.17) is 0 Å². The normalized spacial score (nSPS) is 18.1. The Morgan fingerprint density at radius 2 is 1.27 bits per heavy atom. The van der Waals surface area contributed by atoms with Gasteiger partial charge < -0.3 is 0 Å². The SMILES string of the molecule is CN(C)P(F)(F)(F)C(F)(F)F. The summed E-state index contributed by atoms with van der Waals surface area (Å²) in [6, 6.07) is 0. The van der Waals surface area contributed by atoms with E-state index >= 15 is 0 Å². The van der Waals surface area contributed by atoms with Crippen LogP contribution < -0.4 is 0 Å². The Labute approximate surface area is 59.3 Å². The van der Waals surface area contributed by atoms with Crippen molar-refractivity contribution in [1.29, 1.82) is 0 Å². The molecule has 0 aromatic carbocycles. The first-order valence-electron chi connectivity index (χ1n) is 2.39. The summed E-state index contributed by atoms with van der Waals surface area (Å²) in [5.41, 5.74) is 0. The standard InChI is InChI=1S/C3H6F6NP/c1-10(2)11(7,8,9)3(4,5)6/h1-2H3. The number of rotatable bonds is 1. The van der Waals surface area contributed by atoms with Gasteiger partial charge in [-0.05, 0) is 0 Å². The first-order chi connectivity index (χ1) is 4.48. The van der Waals surface area contributed by atoms with Gasteiger partial charge in [0, 0.05) is 0 Å². The fourth-order valence-corrected chi connectivity index (χ4v) is 0.680. The molecule has 0 aliphatic carbocycles. The van der Waals surface area contributed by atoms with Gasteiger partial charge in [-0.1, -0.05) is 0 Å². The molecule has 0 rings (SSSR count). The van der Waals surface area contributed by atoms with Crippen molar-refractivity contribution in [1.82, 2.24) is 4.67 Å². The van der Waals surface area contributed by atoms with Crippen LogP contribution >= 0.6 is 7.69 Å². The Morgan fingerprint density at radius 3 is 1.27 bits per heavy atom. The molecule has 0 saturated carbocycles. The number of halogens is 6. The third kappa shape index (κ3) is 1.59. The molecule has 0 amide bonds. The number of nitrogens with zero attached hydrogens (tertiary/aromatic N) is 1. The van der Waals surface area contributed by atoms with Crippen LogP contribution in [0.1, 0.15) is 0 Å². The molecule has 0 aliphatic rings. The van der Waals surface area contributed by atoms with Gasteiger partial charge in [0.1, 0.15) is 0 Å². The predicted octanol–water partition coefficient (Wildman–Crippen LogP) is 3.19. The van der Waals surface area contributed by atoms with Crippen LogP contribution in [-0.2, 0) is 0 Å². The zero-order chi connectivity index (χ0) is 9.52. The van der Waals surface area contributed by atoms with Gasteiger partial charge in [-0.3, -0.25) is 0 Å². The summed E-state index contributed by atoms with van der Waals surface area (Å²) >= 11 is 0. The summed E-state index contributed by atoms with van der Waals surface area (Å²) in [5, 5.41) is 0. The van der Waals surface area contributed by atoms with E-state index in [2.05, 4.69) is 0 Å². The van der Waals surface area contributed by atoms with E-state index in [1.54, 1.807) is 0 Å². The number of hydrogen-bond donors (Lipinski definition) is 0. The van der Waals surface area contributed by atoms with Crippen molar-refractivity contribution in [2.45, 2.75) is 5.92 Å². The van der Waals surface area contributed by atoms with Crippen molar-refractivity contribution in [2.75, 3.05) is 14.1 Å². The first kappa shape index (κ1) is 11.0. The molecule has 0 heterocycles. The monoisotopic (exact) mass is 201 g/mol. The molecule has 0 fully saturated rings. The second kappa shape index (κ2) is 2.23. The van der Waals surface area contributed by atoms with Crippen LogP contribution in [0.5, 0.6) is 0 Å². The van der Waals surface area contributed by atoms with Gasteiger partial charge in [-0.2, -0.15) is 0 Å². The molecule has 0 N–H and O–H groups in total. The summed E-state index contributed by atoms with van der Waals surface area (Å²) in [4.78, 5) is 0. The number of hydrogen-bond acceptors (Lipinski definition) is 1. The van der Waals surface area contributed by atoms with E-state index < -0.39 is 18.3 Å². The number of alkyl halides is 3. The van der Waals surface area contributed by atoms with Gasteiger partial charge in [0.05, 0.1) is 0 Å². The summed E-state index contributed by atoms with van der Waals surface area (Å²) in [6.45, 7) is 0. The minimum absolute atomic E-state index is 0.352. The summed E-state index contributed by atoms with van der Waals surface area (Å²) in [5.74, 6) is -6.09. The van der Waals surface area contributed by atoms with Crippen LogP contribution in [0.15, 0.2) is 0 Å². The summed E-state index contributed by atoms with van der Waals surface area (Å²) in [7, 11) is -7.41. The van der Waals surface area contributed by atoms with Crippen LogP contribution in [-0.4, -0.2) is 24.7 Å². The molecule has 0 radical (unpaired) electrons. The van der Waals surface area contributed by atoms with Crippen LogP contribution in [0, 0.1) is 0 Å². The van der Waals surface area contributed by atoms with Gasteiger partial charge in [-0.25, -0.2) is 0 Å². The van der Waals surface area contributed by atoms with E-state index in [1.165, 1.54) is 0 Å². The fourth-order valence-electron chi connectivity index (χ4n) is 0.227. The van der Waals surface area contributed by atoms with Crippen molar-refractivity contribution in [3.63, 3.8) is 0 Å². The molecule has 11 heavy (non-hydrogen) atoms. The Kier molecular flexibility index (Phi) is 2.22. The van der Waals surface area contributed by atoms with Crippen LogP contribution in [0.2, 0.25) is 0 Å². The Hall–Kier alpha value is -0.0300. The van der Waals surface area contributed by atoms with E-state index in [0.29, 0.717) is 14.1 Å². The first-order valence-corrected chi connectivity index (χ1v) is 4.25. The molecule has 0 atom stereocenters. The zero-order valence-electron chi connectivity index (χ0n) is 5.66. The molecule has 0 aromatic rings. The third-order valence-electron chi connectivity index (χ3n) is 1.05. The van der Waals surface area contributed by atoms with Gasteiger partial charge in [0.2, 0.25) is 0 Å². The van der Waals surface area contributed by atoms with Crippen molar-refractivity contribution < 1.29 is 25.8 Å². The van der Waals surface area contributed by atoms with Gasteiger partial charge >= 0.3 is 58.1 Å². The molecule has 8 heteroatoms. The Balaban J connectivity index is 4.96. The Bertz CT molecular complexity index is 153. The van der Waals surface area contributed by atoms with E-state index in [9.17, 15) is 25.8 Å². The second-order valence-corrected chi connectivity index (χ2v) is 4.94. The molecule has 0 bridgehead atoms. The maximum absolute atomic E-state index is 12.0. The molecule has 70 valence electrons. The summed E-state index contributed by atoms with van der Waals surface area (Å²) in [6.07, 6.45) is 0. The van der Waals surface area contributed by atoms with Crippen LogP contribution in [0.3, 0.4) is 0 Å². The molecular weight excluding hydrogens is 195 g/mol. The summed E-state index contributed by atoms with van der Waals surface area (Å²) < 4.78 is 69.4. The van der Waals surface area contributed by atoms with Crippen LogP contribution in [0.4, 0.5) is 25.8 Å². The molecule has 0 spiro atoms.